The maximum Gasteiger partial charge on any atom is 0.227 e. The molecule has 4 heterocycles. The maximum atomic E-state index is 13.9. The van der Waals surface area contributed by atoms with Crippen LogP contribution in [0.15, 0.2) is 67.5 Å². The Balaban J connectivity index is 1.31. The number of carbonyl (C=O) groups is 1. The average Bonchev–Trinajstić information content (AvgIpc) is 3.53. The lowest BCUT2D eigenvalue weighted by Crippen LogP contribution is -2.46. The summed E-state index contributed by atoms with van der Waals surface area (Å²) in [6.45, 7) is 7.51. The number of nitrogens with zero attached hydrogens (tertiary/aromatic N) is 5. The Labute approximate surface area is 201 Å². The van der Waals surface area contributed by atoms with E-state index in [0.717, 1.165) is 56.9 Å². The van der Waals surface area contributed by atoms with Gasteiger partial charge in [0.25, 0.3) is 0 Å². The Bertz CT molecular complexity index is 1060. The summed E-state index contributed by atoms with van der Waals surface area (Å²) < 4.78 is 7.72. The third kappa shape index (κ3) is 4.76. The van der Waals surface area contributed by atoms with Crippen LogP contribution in [-0.2, 0) is 22.6 Å². The van der Waals surface area contributed by atoms with E-state index in [4.69, 9.17) is 4.74 Å². The Morgan fingerprint density at radius 1 is 1.06 bits per heavy atom. The van der Waals surface area contributed by atoms with Crippen LogP contribution >= 0.6 is 0 Å². The summed E-state index contributed by atoms with van der Waals surface area (Å²) >= 11 is 0. The van der Waals surface area contributed by atoms with Crippen LogP contribution in [0, 0.1) is 11.3 Å². The third-order valence-corrected chi connectivity index (χ3v) is 7.47. The molecule has 0 N–H and O–H groups in total. The van der Waals surface area contributed by atoms with Crippen molar-refractivity contribution in [2.24, 2.45) is 11.3 Å². The molecule has 7 heteroatoms. The zero-order valence-corrected chi connectivity index (χ0v) is 19.8. The van der Waals surface area contributed by atoms with Crippen LogP contribution in [0.5, 0.6) is 0 Å². The van der Waals surface area contributed by atoms with Crippen LogP contribution in [0.25, 0.3) is 5.69 Å². The van der Waals surface area contributed by atoms with Gasteiger partial charge in [0.15, 0.2) is 0 Å². The maximum absolute atomic E-state index is 13.9. The van der Waals surface area contributed by atoms with E-state index in [1.165, 1.54) is 5.56 Å². The molecule has 0 aliphatic carbocycles. The van der Waals surface area contributed by atoms with Crippen LogP contribution < -0.4 is 0 Å². The van der Waals surface area contributed by atoms with Crippen molar-refractivity contribution in [3.8, 4) is 5.69 Å². The molecule has 3 aromatic rings. The fourth-order valence-corrected chi connectivity index (χ4v) is 5.53. The largest absolute Gasteiger partial charge is 0.381 e. The van der Waals surface area contributed by atoms with E-state index in [2.05, 4.69) is 46.1 Å². The van der Waals surface area contributed by atoms with E-state index in [-0.39, 0.29) is 17.2 Å². The Morgan fingerprint density at radius 3 is 2.50 bits per heavy atom. The molecule has 178 valence electrons. The second kappa shape index (κ2) is 10.1. The molecule has 1 spiro atoms. The van der Waals surface area contributed by atoms with Gasteiger partial charge in [-0.1, -0.05) is 12.1 Å². The van der Waals surface area contributed by atoms with Crippen molar-refractivity contribution in [3.63, 3.8) is 0 Å². The molecule has 2 saturated heterocycles. The first-order chi connectivity index (χ1) is 16.7. The number of likely N-dealkylation sites (tertiary alicyclic amines) is 1. The van der Waals surface area contributed by atoms with Gasteiger partial charge in [0, 0.05) is 81.8 Å². The minimum Gasteiger partial charge on any atom is -0.381 e. The molecular weight excluding hydrogens is 426 g/mol. The van der Waals surface area contributed by atoms with Gasteiger partial charge in [0.2, 0.25) is 5.91 Å². The SMILES string of the molecule is CCN(Cc1ccncc1)C(=O)C1CN(Cc2ccc(-n3ccnc3)cc2)CC12CCOCC2. The molecule has 2 aromatic heterocycles. The average molecular weight is 460 g/mol. The smallest absolute Gasteiger partial charge is 0.227 e. The van der Waals surface area contributed by atoms with Gasteiger partial charge in [0.1, 0.15) is 0 Å². The van der Waals surface area contributed by atoms with Crippen LogP contribution in [0.1, 0.15) is 30.9 Å². The van der Waals surface area contributed by atoms with E-state index in [1.807, 2.05) is 34.1 Å². The molecule has 0 bridgehead atoms. The van der Waals surface area contributed by atoms with Gasteiger partial charge in [-0.15, -0.1) is 0 Å². The fraction of sp³-hybridized carbons (Fsp3) is 0.444. The summed E-state index contributed by atoms with van der Waals surface area (Å²) in [5, 5.41) is 0. The summed E-state index contributed by atoms with van der Waals surface area (Å²) in [5.41, 5.74) is 3.49. The van der Waals surface area contributed by atoms with E-state index in [0.29, 0.717) is 13.1 Å². The number of amides is 1. The van der Waals surface area contributed by atoms with Gasteiger partial charge in [0.05, 0.1) is 12.2 Å². The predicted octanol–water partition coefficient (Wildman–Crippen LogP) is 3.54. The summed E-state index contributed by atoms with van der Waals surface area (Å²) in [4.78, 5) is 26.6. The number of imidazole rings is 1. The van der Waals surface area contributed by atoms with Crippen LogP contribution in [0.4, 0.5) is 0 Å². The van der Waals surface area contributed by atoms with E-state index >= 15 is 0 Å². The van der Waals surface area contributed by atoms with Crippen molar-refractivity contribution < 1.29 is 9.53 Å². The van der Waals surface area contributed by atoms with Crippen molar-refractivity contribution in [2.75, 3.05) is 32.8 Å². The zero-order chi connectivity index (χ0) is 23.4. The number of hydrogen-bond donors (Lipinski definition) is 0. The third-order valence-electron chi connectivity index (χ3n) is 7.47. The molecule has 1 atom stereocenters. The summed E-state index contributed by atoms with van der Waals surface area (Å²) in [6.07, 6.45) is 11.0. The van der Waals surface area contributed by atoms with Gasteiger partial charge in [-0.2, -0.15) is 0 Å². The molecular formula is C27H33N5O2. The molecule has 2 aliphatic rings. The monoisotopic (exact) mass is 459 g/mol. The molecule has 1 unspecified atom stereocenters. The first-order valence-electron chi connectivity index (χ1n) is 12.2. The molecule has 1 aromatic carbocycles. The number of pyridine rings is 1. The van der Waals surface area contributed by atoms with Gasteiger partial charge >= 0.3 is 0 Å². The van der Waals surface area contributed by atoms with E-state index < -0.39 is 0 Å². The fourth-order valence-electron chi connectivity index (χ4n) is 5.53. The predicted molar refractivity (Wildman–Crippen MR) is 130 cm³/mol. The first kappa shape index (κ1) is 22.7. The molecule has 0 radical (unpaired) electrons. The molecule has 1 amide bonds. The van der Waals surface area contributed by atoms with Crippen LogP contribution in [-0.4, -0.2) is 63.1 Å². The van der Waals surface area contributed by atoms with Crippen molar-refractivity contribution in [2.45, 2.75) is 32.9 Å². The second-order valence-corrected chi connectivity index (χ2v) is 9.54. The van der Waals surface area contributed by atoms with Crippen LogP contribution in [0.3, 0.4) is 0 Å². The number of rotatable bonds is 7. The topological polar surface area (TPSA) is 63.5 Å². The van der Waals surface area contributed by atoms with Crippen molar-refractivity contribution >= 4 is 5.91 Å². The van der Waals surface area contributed by atoms with Gasteiger partial charge in [-0.25, -0.2) is 4.98 Å². The highest BCUT2D eigenvalue weighted by Gasteiger charge is 2.51. The normalized spacial score (nSPS) is 20.0. The van der Waals surface area contributed by atoms with Gasteiger partial charge in [-0.05, 0) is 55.2 Å². The van der Waals surface area contributed by atoms with Crippen LogP contribution in [0.2, 0.25) is 0 Å². The summed E-state index contributed by atoms with van der Waals surface area (Å²) in [5.74, 6) is 0.280. The lowest BCUT2D eigenvalue weighted by atomic mass is 9.71. The number of benzene rings is 1. The number of ether oxygens (including phenoxy) is 1. The standard InChI is InChI=1S/C27H33N5O2/c1-2-31(18-23-7-11-28-12-8-23)26(33)25-19-30(20-27(25)9-15-34-16-10-27)17-22-3-5-24(6-4-22)32-14-13-29-21-32/h3-8,11-14,21,25H,2,9-10,15-20H2,1H3. The molecule has 2 fully saturated rings. The summed E-state index contributed by atoms with van der Waals surface area (Å²) in [6, 6.07) is 12.6. The summed E-state index contributed by atoms with van der Waals surface area (Å²) in [7, 11) is 0. The molecule has 34 heavy (non-hydrogen) atoms. The second-order valence-electron chi connectivity index (χ2n) is 9.54. The Kier molecular flexibility index (Phi) is 6.74. The van der Waals surface area contributed by atoms with Crippen molar-refractivity contribution in [1.29, 1.82) is 0 Å². The number of carbonyl (C=O) groups excluding carboxylic acids is 1. The van der Waals surface area contributed by atoms with Crippen molar-refractivity contribution in [1.82, 2.24) is 24.3 Å². The highest BCUT2D eigenvalue weighted by molar-refractivity contribution is 5.80. The number of hydrogen-bond acceptors (Lipinski definition) is 5. The highest BCUT2D eigenvalue weighted by Crippen LogP contribution is 2.45. The van der Waals surface area contributed by atoms with E-state index in [1.54, 1.807) is 18.6 Å². The minimum atomic E-state index is -0.00223. The molecule has 0 saturated carbocycles. The van der Waals surface area contributed by atoms with Gasteiger partial charge in [-0.3, -0.25) is 14.7 Å². The Hall–Kier alpha value is -3.03. The highest BCUT2D eigenvalue weighted by atomic mass is 16.5. The van der Waals surface area contributed by atoms with E-state index in [9.17, 15) is 4.79 Å². The number of aromatic nitrogens is 3. The lowest BCUT2D eigenvalue weighted by Gasteiger charge is -2.39. The molecule has 7 nitrogen and oxygen atoms in total. The van der Waals surface area contributed by atoms with Gasteiger partial charge < -0.3 is 14.2 Å². The molecule has 2 aliphatic heterocycles. The minimum absolute atomic E-state index is 0.00223. The first-order valence-corrected chi connectivity index (χ1v) is 12.2. The zero-order valence-electron chi connectivity index (χ0n) is 19.8. The lowest BCUT2D eigenvalue weighted by molar-refractivity contribution is -0.141. The van der Waals surface area contributed by atoms with Crippen molar-refractivity contribution in [3.05, 3.63) is 78.6 Å². The quantitative estimate of drug-likeness (QED) is 0.541. The molecule has 5 rings (SSSR count). The Morgan fingerprint density at radius 2 is 1.82 bits per heavy atom.